The maximum absolute atomic E-state index is 13.5. The minimum atomic E-state index is -1.17. The fraction of sp³-hybridized carbons (Fsp3) is 0.529. The molecule has 4 aliphatic rings. The van der Waals surface area contributed by atoms with Gasteiger partial charge >= 0.3 is 0 Å². The Bertz CT molecular complexity index is 1300. The van der Waals surface area contributed by atoms with Crippen LogP contribution in [-0.2, 0) is 17.8 Å². The van der Waals surface area contributed by atoms with Gasteiger partial charge in [0, 0.05) is 42.8 Å². The number of amides is 2. The molecule has 0 bridgehead atoms. The largest absolute Gasteiger partial charge is 0.380 e. The first-order valence-corrected chi connectivity index (χ1v) is 15.3. The molecule has 6 rings (SSSR count). The zero-order valence-electron chi connectivity index (χ0n) is 24.0. The molecule has 1 saturated carbocycles. The van der Waals surface area contributed by atoms with Crippen LogP contribution in [0.3, 0.4) is 0 Å². The van der Waals surface area contributed by atoms with E-state index in [1.165, 1.54) is 55.2 Å². The van der Waals surface area contributed by atoms with Gasteiger partial charge in [-0.25, -0.2) is 0 Å². The summed E-state index contributed by atoms with van der Waals surface area (Å²) in [5.41, 5.74) is 4.66. The van der Waals surface area contributed by atoms with Gasteiger partial charge in [-0.15, -0.1) is 0 Å². The molecular formula is C34H43N3O3. The number of carbonyl (C=O) groups excluding carboxylic acids is 2. The lowest BCUT2D eigenvalue weighted by Gasteiger charge is -2.44. The summed E-state index contributed by atoms with van der Waals surface area (Å²) >= 11 is 0. The summed E-state index contributed by atoms with van der Waals surface area (Å²) in [5, 5.41) is 14.2. The van der Waals surface area contributed by atoms with Crippen molar-refractivity contribution in [3.63, 3.8) is 0 Å². The van der Waals surface area contributed by atoms with Gasteiger partial charge in [0.25, 0.3) is 11.8 Å². The van der Waals surface area contributed by atoms with Crippen LogP contribution in [0.2, 0.25) is 0 Å². The number of nitrogens with one attached hydrogen (secondary N) is 1. The highest BCUT2D eigenvalue weighted by Gasteiger charge is 2.52. The highest BCUT2D eigenvalue weighted by atomic mass is 16.3. The summed E-state index contributed by atoms with van der Waals surface area (Å²) in [6.45, 7) is 5.77. The monoisotopic (exact) mass is 541 g/mol. The molecule has 40 heavy (non-hydrogen) atoms. The summed E-state index contributed by atoms with van der Waals surface area (Å²) in [7, 11) is 0. The second-order valence-electron chi connectivity index (χ2n) is 12.7. The van der Waals surface area contributed by atoms with Gasteiger partial charge in [-0.2, -0.15) is 0 Å². The summed E-state index contributed by atoms with van der Waals surface area (Å²) in [6, 6.07) is 14.6. The van der Waals surface area contributed by atoms with Crippen LogP contribution in [0.15, 0.2) is 54.6 Å². The van der Waals surface area contributed by atoms with Crippen molar-refractivity contribution >= 4 is 11.8 Å². The van der Waals surface area contributed by atoms with Crippen molar-refractivity contribution in [1.82, 2.24) is 15.1 Å². The van der Waals surface area contributed by atoms with E-state index in [9.17, 15) is 14.7 Å². The Morgan fingerprint density at radius 2 is 1.55 bits per heavy atom. The van der Waals surface area contributed by atoms with E-state index in [2.05, 4.69) is 47.8 Å². The number of aliphatic hydroxyl groups is 1. The average Bonchev–Trinajstić information content (AvgIpc) is 3.70. The molecule has 2 aromatic rings. The minimum Gasteiger partial charge on any atom is -0.380 e. The molecule has 3 atom stereocenters. The van der Waals surface area contributed by atoms with Crippen molar-refractivity contribution in [3.05, 3.63) is 71.3 Å². The lowest BCUT2D eigenvalue weighted by atomic mass is 9.80. The van der Waals surface area contributed by atoms with Crippen LogP contribution in [-0.4, -0.2) is 63.0 Å². The van der Waals surface area contributed by atoms with Gasteiger partial charge in [-0.05, 0) is 86.8 Å². The van der Waals surface area contributed by atoms with Crippen molar-refractivity contribution in [2.45, 2.75) is 101 Å². The second-order valence-corrected chi connectivity index (χ2v) is 12.7. The summed E-state index contributed by atoms with van der Waals surface area (Å²) in [6.07, 6.45) is 14.5. The topological polar surface area (TPSA) is 72.9 Å². The smallest absolute Gasteiger partial charge is 0.254 e. The maximum atomic E-state index is 13.5. The number of carbonyl (C=O) groups is 2. The number of hydrogen-bond acceptors (Lipinski definition) is 4. The van der Waals surface area contributed by atoms with E-state index >= 15 is 0 Å². The summed E-state index contributed by atoms with van der Waals surface area (Å²) < 4.78 is 0. The van der Waals surface area contributed by atoms with Gasteiger partial charge in [0.15, 0.2) is 0 Å². The standard InChI is InChI=1S/C34H43N3O3/c1-24-23-37(32(39)34(40)17-18-34)25(2)22-36(24)31(38)27-11-9-26(10-12-27)28-13-14-29-21-35-33(20-30(29)19-28)15-7-5-3-4-6-8-16-33/h7,9-15,19,24-25,35,40H,3-6,8,16-18,20-23H2,1-2H3/b15-7-/t24-,25+,33?/m1/s1. The van der Waals surface area contributed by atoms with Crippen LogP contribution in [0.25, 0.3) is 11.1 Å². The molecule has 2 aliphatic carbocycles. The first-order chi connectivity index (χ1) is 19.3. The van der Waals surface area contributed by atoms with Crippen LogP contribution in [0.4, 0.5) is 0 Å². The first kappa shape index (κ1) is 27.2. The SMILES string of the molecule is C[C@@H]1CN(C(=O)C2(O)CC2)[C@@H](C)CN1C(=O)c1ccc(-c2ccc3c(c2)CC2(/C=C\CCCCCC2)NC3)cc1. The van der Waals surface area contributed by atoms with E-state index in [1.807, 2.05) is 30.9 Å². The zero-order valence-corrected chi connectivity index (χ0v) is 24.0. The number of hydrogen-bond donors (Lipinski definition) is 2. The van der Waals surface area contributed by atoms with Gasteiger partial charge in [0.2, 0.25) is 0 Å². The molecular weight excluding hydrogens is 498 g/mol. The van der Waals surface area contributed by atoms with Gasteiger partial charge in [0.05, 0.1) is 0 Å². The number of allylic oxidation sites excluding steroid dienone is 1. The van der Waals surface area contributed by atoms with E-state index in [-0.39, 0.29) is 29.4 Å². The molecule has 0 aromatic heterocycles. The van der Waals surface area contributed by atoms with E-state index in [0.717, 1.165) is 18.5 Å². The number of piperazine rings is 1. The Morgan fingerprint density at radius 1 is 0.850 bits per heavy atom. The average molecular weight is 542 g/mol. The Balaban J connectivity index is 1.15. The zero-order chi connectivity index (χ0) is 27.9. The molecule has 0 radical (unpaired) electrons. The molecule has 1 spiro atoms. The molecule has 2 N–H and O–H groups in total. The number of rotatable bonds is 3. The molecule has 6 nitrogen and oxygen atoms in total. The lowest BCUT2D eigenvalue weighted by molar-refractivity contribution is -0.147. The molecule has 2 aromatic carbocycles. The van der Waals surface area contributed by atoms with Crippen LogP contribution < -0.4 is 5.32 Å². The van der Waals surface area contributed by atoms with Crippen molar-refractivity contribution in [2.75, 3.05) is 13.1 Å². The highest BCUT2D eigenvalue weighted by molar-refractivity contribution is 5.95. The molecule has 2 amide bonds. The normalized spacial score (nSPS) is 28.7. The Morgan fingerprint density at radius 3 is 2.33 bits per heavy atom. The van der Waals surface area contributed by atoms with Crippen LogP contribution >= 0.6 is 0 Å². The molecule has 6 heteroatoms. The molecule has 2 fully saturated rings. The van der Waals surface area contributed by atoms with E-state index in [1.54, 1.807) is 4.90 Å². The Hall–Kier alpha value is -2.96. The van der Waals surface area contributed by atoms with Crippen molar-refractivity contribution in [1.29, 1.82) is 0 Å². The molecule has 2 aliphatic heterocycles. The van der Waals surface area contributed by atoms with E-state index in [0.29, 0.717) is 31.5 Å². The first-order valence-electron chi connectivity index (χ1n) is 15.3. The third-order valence-corrected chi connectivity index (χ3v) is 9.62. The Labute approximate surface area is 238 Å². The van der Waals surface area contributed by atoms with Crippen molar-refractivity contribution in [2.24, 2.45) is 0 Å². The number of benzene rings is 2. The number of nitrogens with zero attached hydrogens (tertiary/aromatic N) is 2. The second kappa shape index (κ2) is 10.8. The van der Waals surface area contributed by atoms with Gasteiger partial charge < -0.3 is 20.2 Å². The molecule has 1 unspecified atom stereocenters. The van der Waals surface area contributed by atoms with Gasteiger partial charge in [0.1, 0.15) is 5.60 Å². The van der Waals surface area contributed by atoms with Crippen LogP contribution in [0, 0.1) is 0 Å². The summed E-state index contributed by atoms with van der Waals surface area (Å²) in [5.74, 6) is -0.190. The third kappa shape index (κ3) is 5.36. The fourth-order valence-electron chi connectivity index (χ4n) is 6.82. The quantitative estimate of drug-likeness (QED) is 0.522. The highest BCUT2D eigenvalue weighted by Crippen LogP contribution is 2.38. The van der Waals surface area contributed by atoms with E-state index in [4.69, 9.17) is 0 Å². The molecule has 2 heterocycles. The predicted octanol–water partition coefficient (Wildman–Crippen LogP) is 5.23. The molecule has 1 saturated heterocycles. The van der Waals surface area contributed by atoms with Crippen LogP contribution in [0.1, 0.15) is 86.7 Å². The molecule has 212 valence electrons. The predicted molar refractivity (Wildman–Crippen MR) is 158 cm³/mol. The third-order valence-electron chi connectivity index (χ3n) is 9.62. The van der Waals surface area contributed by atoms with Crippen molar-refractivity contribution < 1.29 is 14.7 Å². The summed E-state index contributed by atoms with van der Waals surface area (Å²) in [4.78, 5) is 29.9. The number of fused-ring (bicyclic) bond motifs is 1. The van der Waals surface area contributed by atoms with E-state index < -0.39 is 5.60 Å². The van der Waals surface area contributed by atoms with Crippen molar-refractivity contribution in [3.8, 4) is 11.1 Å². The lowest BCUT2D eigenvalue weighted by Crippen LogP contribution is -2.61. The fourth-order valence-corrected chi connectivity index (χ4v) is 6.82. The van der Waals surface area contributed by atoms with Crippen LogP contribution in [0.5, 0.6) is 0 Å². The van der Waals surface area contributed by atoms with Gasteiger partial charge in [-0.1, -0.05) is 61.7 Å². The van der Waals surface area contributed by atoms with Gasteiger partial charge in [-0.3, -0.25) is 9.59 Å². The maximum Gasteiger partial charge on any atom is 0.254 e. The minimum absolute atomic E-state index is 0.00595. The Kier molecular flexibility index (Phi) is 7.34.